The summed E-state index contributed by atoms with van der Waals surface area (Å²) in [5, 5.41) is 4.40. The van der Waals surface area contributed by atoms with Crippen molar-refractivity contribution in [2.75, 3.05) is 32.6 Å². The molecule has 0 aliphatic carbocycles. The highest BCUT2D eigenvalue weighted by atomic mass is 32.2. The van der Waals surface area contributed by atoms with E-state index < -0.39 is 0 Å². The lowest BCUT2D eigenvalue weighted by Crippen LogP contribution is -2.26. The van der Waals surface area contributed by atoms with E-state index in [1.807, 2.05) is 6.07 Å². The van der Waals surface area contributed by atoms with Crippen molar-refractivity contribution in [2.24, 2.45) is 0 Å². The van der Waals surface area contributed by atoms with Gasteiger partial charge in [0.15, 0.2) is 0 Å². The van der Waals surface area contributed by atoms with Gasteiger partial charge < -0.3 is 14.8 Å². The highest BCUT2D eigenvalue weighted by molar-refractivity contribution is 7.99. The van der Waals surface area contributed by atoms with E-state index in [1.165, 1.54) is 18.4 Å². The third kappa shape index (κ3) is 5.20. The highest BCUT2D eigenvalue weighted by Crippen LogP contribution is 2.31. The Hall–Kier alpha value is -0.710. The van der Waals surface area contributed by atoms with Crippen molar-refractivity contribution in [3.8, 4) is 5.75 Å². The van der Waals surface area contributed by atoms with Gasteiger partial charge in [-0.1, -0.05) is 25.1 Å². The Labute approximate surface area is 132 Å². The molecule has 3 nitrogen and oxygen atoms in total. The molecule has 1 aromatic carbocycles. The van der Waals surface area contributed by atoms with Gasteiger partial charge in [-0.2, -0.15) is 11.8 Å². The fraction of sp³-hybridized carbons (Fsp3) is 0.647. The molecule has 21 heavy (non-hydrogen) atoms. The van der Waals surface area contributed by atoms with Gasteiger partial charge in [-0.3, -0.25) is 0 Å². The summed E-state index contributed by atoms with van der Waals surface area (Å²) in [6, 6.07) is 8.71. The Morgan fingerprint density at radius 1 is 1.33 bits per heavy atom. The lowest BCUT2D eigenvalue weighted by Gasteiger charge is -2.26. The molecule has 4 heteroatoms. The van der Waals surface area contributed by atoms with E-state index >= 15 is 0 Å². The molecule has 0 saturated carbocycles. The molecule has 1 heterocycles. The van der Waals surface area contributed by atoms with E-state index in [9.17, 15) is 0 Å². The monoisotopic (exact) mass is 309 g/mol. The SMILES string of the molecule is CCCNC(CSC1CCOCC1)c1ccccc1OC. The van der Waals surface area contributed by atoms with Gasteiger partial charge in [0.05, 0.1) is 7.11 Å². The van der Waals surface area contributed by atoms with Crippen LogP contribution in [-0.4, -0.2) is 37.9 Å². The van der Waals surface area contributed by atoms with Crippen LogP contribution < -0.4 is 10.1 Å². The number of hydrogen-bond donors (Lipinski definition) is 1. The van der Waals surface area contributed by atoms with Crippen LogP contribution in [0, 0.1) is 0 Å². The lowest BCUT2D eigenvalue weighted by molar-refractivity contribution is 0.1000. The van der Waals surface area contributed by atoms with E-state index in [2.05, 4.69) is 42.2 Å². The summed E-state index contributed by atoms with van der Waals surface area (Å²) >= 11 is 2.07. The standard InChI is InChI=1S/C17H27NO2S/c1-3-10-18-16(13-21-14-8-11-20-12-9-14)15-6-4-5-7-17(15)19-2/h4-7,14,16,18H,3,8-13H2,1-2H3. The van der Waals surface area contributed by atoms with Crippen LogP contribution in [0.3, 0.4) is 0 Å². The van der Waals surface area contributed by atoms with Gasteiger partial charge >= 0.3 is 0 Å². The van der Waals surface area contributed by atoms with Crippen molar-refractivity contribution in [1.82, 2.24) is 5.32 Å². The van der Waals surface area contributed by atoms with Crippen LogP contribution in [0.5, 0.6) is 5.75 Å². The lowest BCUT2D eigenvalue weighted by atomic mass is 10.1. The molecule has 118 valence electrons. The van der Waals surface area contributed by atoms with Gasteiger partial charge in [-0.05, 0) is 31.9 Å². The summed E-state index contributed by atoms with van der Waals surface area (Å²) < 4.78 is 11.0. The maximum Gasteiger partial charge on any atom is 0.123 e. The fourth-order valence-electron chi connectivity index (χ4n) is 2.61. The summed E-state index contributed by atoms with van der Waals surface area (Å²) in [7, 11) is 1.75. The third-order valence-electron chi connectivity index (χ3n) is 3.82. The molecular formula is C17H27NO2S. The average Bonchev–Trinajstić information content (AvgIpc) is 2.56. The van der Waals surface area contributed by atoms with Gasteiger partial charge in [0.25, 0.3) is 0 Å². The first kappa shape index (κ1) is 16.7. The second-order valence-electron chi connectivity index (χ2n) is 5.39. The fourth-order valence-corrected chi connectivity index (χ4v) is 3.89. The van der Waals surface area contributed by atoms with Crippen molar-refractivity contribution < 1.29 is 9.47 Å². The quantitative estimate of drug-likeness (QED) is 0.794. The van der Waals surface area contributed by atoms with Crippen molar-refractivity contribution in [3.63, 3.8) is 0 Å². The molecular weight excluding hydrogens is 282 g/mol. The highest BCUT2D eigenvalue weighted by Gasteiger charge is 2.19. The Kier molecular flexibility index (Phi) is 7.41. The molecule has 1 N–H and O–H groups in total. The van der Waals surface area contributed by atoms with E-state index in [0.29, 0.717) is 6.04 Å². The maximum atomic E-state index is 5.53. The second-order valence-corrected chi connectivity index (χ2v) is 6.73. The predicted molar refractivity (Wildman–Crippen MR) is 90.3 cm³/mol. The first-order valence-corrected chi connectivity index (χ1v) is 8.95. The molecule has 1 aliphatic heterocycles. The van der Waals surface area contributed by atoms with Crippen LogP contribution in [-0.2, 0) is 4.74 Å². The molecule has 1 unspecified atom stereocenters. The topological polar surface area (TPSA) is 30.5 Å². The number of methoxy groups -OCH3 is 1. The smallest absolute Gasteiger partial charge is 0.123 e. The Bertz CT molecular complexity index is 408. The van der Waals surface area contributed by atoms with Gasteiger partial charge in [-0.25, -0.2) is 0 Å². The molecule has 1 fully saturated rings. The number of para-hydroxylation sites is 1. The zero-order valence-electron chi connectivity index (χ0n) is 13.1. The second kappa shape index (κ2) is 9.34. The van der Waals surface area contributed by atoms with E-state index in [4.69, 9.17) is 9.47 Å². The predicted octanol–water partition coefficient (Wildman–Crippen LogP) is 3.65. The summed E-state index contributed by atoms with van der Waals surface area (Å²) in [6.45, 7) is 5.08. The summed E-state index contributed by atoms with van der Waals surface area (Å²) in [5.41, 5.74) is 1.27. The van der Waals surface area contributed by atoms with Crippen molar-refractivity contribution in [2.45, 2.75) is 37.5 Å². The minimum Gasteiger partial charge on any atom is -0.496 e. The van der Waals surface area contributed by atoms with Crippen LogP contribution in [0.15, 0.2) is 24.3 Å². The van der Waals surface area contributed by atoms with E-state index in [1.54, 1.807) is 7.11 Å². The van der Waals surface area contributed by atoms with Crippen molar-refractivity contribution in [3.05, 3.63) is 29.8 Å². The number of hydrogen-bond acceptors (Lipinski definition) is 4. The van der Waals surface area contributed by atoms with Gasteiger partial charge in [0, 0.05) is 35.8 Å². The van der Waals surface area contributed by atoms with Crippen LogP contribution >= 0.6 is 11.8 Å². The number of benzene rings is 1. The largest absolute Gasteiger partial charge is 0.496 e. The summed E-state index contributed by atoms with van der Waals surface area (Å²) in [5.74, 6) is 2.07. The van der Waals surface area contributed by atoms with Crippen LogP contribution in [0.2, 0.25) is 0 Å². The first-order valence-electron chi connectivity index (χ1n) is 7.90. The minimum atomic E-state index is 0.356. The molecule has 0 spiro atoms. The van der Waals surface area contributed by atoms with E-state index in [-0.39, 0.29) is 0 Å². The Morgan fingerprint density at radius 3 is 2.81 bits per heavy atom. The van der Waals surface area contributed by atoms with E-state index in [0.717, 1.165) is 42.9 Å². The maximum absolute atomic E-state index is 5.53. The Balaban J connectivity index is 1.99. The zero-order chi connectivity index (χ0) is 14.9. The summed E-state index contributed by atoms with van der Waals surface area (Å²) in [6.07, 6.45) is 3.50. The third-order valence-corrected chi connectivity index (χ3v) is 5.29. The van der Waals surface area contributed by atoms with Gasteiger partial charge in [0.2, 0.25) is 0 Å². The molecule has 0 aromatic heterocycles. The van der Waals surface area contributed by atoms with Crippen molar-refractivity contribution >= 4 is 11.8 Å². The normalized spacial score (nSPS) is 17.6. The minimum absolute atomic E-state index is 0.356. The van der Waals surface area contributed by atoms with Crippen LogP contribution in [0.25, 0.3) is 0 Å². The molecule has 0 radical (unpaired) electrons. The molecule has 1 aromatic rings. The molecule has 1 saturated heterocycles. The number of rotatable bonds is 8. The number of thioether (sulfide) groups is 1. The van der Waals surface area contributed by atoms with Crippen LogP contribution in [0.4, 0.5) is 0 Å². The molecule has 0 bridgehead atoms. The number of nitrogens with one attached hydrogen (secondary N) is 1. The van der Waals surface area contributed by atoms with Crippen molar-refractivity contribution in [1.29, 1.82) is 0 Å². The Morgan fingerprint density at radius 2 is 2.10 bits per heavy atom. The average molecular weight is 309 g/mol. The molecule has 2 rings (SSSR count). The van der Waals surface area contributed by atoms with Gasteiger partial charge in [-0.15, -0.1) is 0 Å². The van der Waals surface area contributed by atoms with Crippen LogP contribution in [0.1, 0.15) is 37.8 Å². The zero-order valence-corrected chi connectivity index (χ0v) is 14.0. The number of ether oxygens (including phenoxy) is 2. The molecule has 1 atom stereocenters. The van der Waals surface area contributed by atoms with Gasteiger partial charge in [0.1, 0.15) is 5.75 Å². The molecule has 0 amide bonds. The molecule has 1 aliphatic rings. The first-order chi connectivity index (χ1) is 10.3. The summed E-state index contributed by atoms with van der Waals surface area (Å²) in [4.78, 5) is 0.